The summed E-state index contributed by atoms with van der Waals surface area (Å²) in [6, 6.07) is 23.0. The van der Waals surface area contributed by atoms with Crippen LogP contribution < -0.4 is 5.11 Å². The van der Waals surface area contributed by atoms with Crippen molar-refractivity contribution in [1.82, 2.24) is 19.9 Å². The van der Waals surface area contributed by atoms with E-state index in [2.05, 4.69) is 127 Å². The summed E-state index contributed by atoms with van der Waals surface area (Å²) in [4.78, 5) is 34.4. The predicted octanol–water partition coefficient (Wildman–Crippen LogP) is 10.1. The Hall–Kier alpha value is -4.58. The minimum atomic E-state index is -1.21. The molecule has 0 aromatic carbocycles. The number of hydrogen-bond donors (Lipinski definition) is 0. The van der Waals surface area contributed by atoms with Gasteiger partial charge in [-0.2, -0.15) is 0 Å². The number of thiophene rings is 2. The van der Waals surface area contributed by atoms with Crippen molar-refractivity contribution in [3.63, 3.8) is 0 Å². The summed E-state index contributed by atoms with van der Waals surface area (Å²) in [5, 5.41) is 10.7. The molecule has 0 saturated heterocycles. The van der Waals surface area contributed by atoms with Crippen molar-refractivity contribution in [2.75, 3.05) is 4.93 Å². The first-order valence-corrected chi connectivity index (χ1v) is 19.0. The van der Waals surface area contributed by atoms with Crippen LogP contribution in [0.25, 0.3) is 47.1 Å². The van der Waals surface area contributed by atoms with Crippen molar-refractivity contribution in [3.05, 3.63) is 154 Å². The van der Waals surface area contributed by atoms with Crippen LogP contribution in [0.4, 0.5) is 0 Å². The number of rotatable bonds is 7. The van der Waals surface area contributed by atoms with E-state index in [0.29, 0.717) is 11.4 Å². The second-order valence-electron chi connectivity index (χ2n) is 10.2. The van der Waals surface area contributed by atoms with Crippen molar-refractivity contribution >= 4 is 75.5 Å². The molecule has 0 spiro atoms. The molecule has 53 heavy (non-hydrogen) atoms. The summed E-state index contributed by atoms with van der Waals surface area (Å²) in [6.07, 6.45) is 15.1. The summed E-state index contributed by atoms with van der Waals surface area (Å²) in [6.45, 7) is 5.65. The molecular weight excluding hydrogens is 897 g/mol. The third-order valence-corrected chi connectivity index (χ3v) is 8.57. The Balaban J connectivity index is 0.000000569. The normalized spacial score (nSPS) is 9.60. The summed E-state index contributed by atoms with van der Waals surface area (Å²) in [7, 11) is 0. The number of aryl methyl sites for hydroxylation is 1. The van der Waals surface area contributed by atoms with Crippen molar-refractivity contribution in [2.24, 2.45) is 0 Å². The average molecular weight is 935 g/mol. The van der Waals surface area contributed by atoms with E-state index in [0.717, 1.165) is 37.8 Å². The van der Waals surface area contributed by atoms with Crippen LogP contribution >= 0.6 is 45.3 Å². The van der Waals surface area contributed by atoms with Gasteiger partial charge in [0.15, 0.2) is 0 Å². The topological polar surface area (TPSA) is 91.7 Å². The molecule has 6 aromatic rings. The number of aromatic carboxylic acids is 1. The fourth-order valence-electron chi connectivity index (χ4n) is 4.38. The molecule has 6 heterocycles. The zero-order chi connectivity index (χ0) is 35.7. The van der Waals surface area contributed by atoms with Crippen LogP contribution in [0.15, 0.2) is 97.6 Å². The number of pyridine rings is 4. The molecule has 270 valence electrons. The maximum absolute atomic E-state index is 10.7. The zero-order valence-corrected chi connectivity index (χ0v) is 35.7. The fraction of sp³-hybridized carbons (Fsp3) is 0.0930. The van der Waals surface area contributed by atoms with Gasteiger partial charge in [0.1, 0.15) is 0 Å². The molecule has 0 aliphatic rings. The molecule has 0 aliphatic carbocycles. The number of carbonyl (C=O) groups excluding carboxylic acids is 1. The van der Waals surface area contributed by atoms with Crippen molar-refractivity contribution < 1.29 is 29.4 Å². The first kappa shape index (κ1) is 46.4. The van der Waals surface area contributed by atoms with Gasteiger partial charge in [0.05, 0.1) is 38.5 Å². The molecular formula is C43H38IN4O2RuS2-. The summed E-state index contributed by atoms with van der Waals surface area (Å²) in [5.41, 5.74) is 6.20. The van der Waals surface area contributed by atoms with E-state index >= 15 is 0 Å². The Morgan fingerprint density at radius 2 is 1.04 bits per heavy atom. The Labute approximate surface area is 348 Å². The minimum Gasteiger partial charge on any atom is -0.545 e. The molecule has 6 aromatic heterocycles. The van der Waals surface area contributed by atoms with Crippen LogP contribution in [0.3, 0.4) is 0 Å². The molecule has 0 atom stereocenters. The fourth-order valence-corrected chi connectivity index (χ4v) is 6.01. The SMILES string of the molecule is CC#Cc1ccc(/C=C/c2ccnc(-c3cc(/C=C/c4ccc(C#CC)s4)ccn3)c2)s1.CI.Cc1ccnc(-c2cc(C(=O)[O-])ccn2)c1.[CH3-].[CH3-].[Ru+2]. The van der Waals surface area contributed by atoms with Crippen LogP contribution in [0.1, 0.15) is 60.4 Å². The number of hydrogen-bond acceptors (Lipinski definition) is 8. The number of carbonyl (C=O) groups is 1. The van der Waals surface area contributed by atoms with Crippen LogP contribution in [-0.2, 0) is 19.5 Å². The average Bonchev–Trinajstić information content (AvgIpc) is 3.81. The van der Waals surface area contributed by atoms with Gasteiger partial charge in [0.25, 0.3) is 0 Å². The molecule has 0 aliphatic heterocycles. The molecule has 6 nitrogen and oxygen atoms in total. The Kier molecular flexibility index (Phi) is 21.6. The number of halogens is 1. The van der Waals surface area contributed by atoms with Crippen molar-refractivity contribution in [3.8, 4) is 46.5 Å². The third kappa shape index (κ3) is 14.8. The molecule has 0 fully saturated rings. The van der Waals surface area contributed by atoms with Crippen LogP contribution in [0.5, 0.6) is 0 Å². The maximum atomic E-state index is 10.7. The van der Waals surface area contributed by atoms with E-state index in [1.165, 1.54) is 28.1 Å². The first-order chi connectivity index (χ1) is 24.4. The maximum Gasteiger partial charge on any atom is 2.00 e. The zero-order valence-electron chi connectivity index (χ0n) is 30.2. The quantitative estimate of drug-likeness (QED) is 0.0521. The molecule has 6 rings (SSSR count). The van der Waals surface area contributed by atoms with Gasteiger partial charge in [0.2, 0.25) is 0 Å². The Bertz CT molecular complexity index is 2150. The molecule has 0 saturated carbocycles. The van der Waals surface area contributed by atoms with Gasteiger partial charge in [-0.05, 0) is 127 Å². The monoisotopic (exact) mass is 935 g/mol. The number of nitrogens with zero attached hydrogens (tertiary/aromatic N) is 4. The van der Waals surface area contributed by atoms with E-state index in [1.54, 1.807) is 28.9 Å². The number of carboxylic acid groups (broad SMARTS) is 1. The van der Waals surface area contributed by atoms with Gasteiger partial charge in [-0.3, -0.25) is 19.9 Å². The number of carboxylic acids is 1. The van der Waals surface area contributed by atoms with E-state index in [9.17, 15) is 9.90 Å². The largest absolute Gasteiger partial charge is 2.00 e. The van der Waals surface area contributed by atoms with Gasteiger partial charge < -0.3 is 24.8 Å². The molecule has 0 N–H and O–H groups in total. The molecule has 10 heteroatoms. The van der Waals surface area contributed by atoms with Gasteiger partial charge in [0, 0.05) is 40.1 Å². The van der Waals surface area contributed by atoms with Crippen LogP contribution in [0.2, 0.25) is 0 Å². The second-order valence-corrected chi connectivity index (χ2v) is 12.4. The van der Waals surface area contributed by atoms with Crippen LogP contribution in [-0.4, -0.2) is 30.8 Å². The van der Waals surface area contributed by atoms with E-state index in [4.69, 9.17) is 0 Å². The van der Waals surface area contributed by atoms with Gasteiger partial charge in [-0.15, -0.1) is 34.5 Å². The number of alkyl halides is 1. The van der Waals surface area contributed by atoms with Crippen molar-refractivity contribution in [1.29, 1.82) is 0 Å². The molecule has 0 bridgehead atoms. The standard InChI is InChI=1S/C28H20N2S2.C12H10N2O2.CH3I.2CH3.Ru/c1-3-5-23-11-13-25(31-23)9-7-21-15-17-29-27(19-21)28-20-22(16-18-30-28)8-10-26-14-12-24(32-26)6-4-2;1-8-2-4-13-10(6-8)11-7-9(12(15)16)3-5-14-11;1-2;;;/h7-20H,1-2H3;2-7H,1H3,(H,15,16);1H3;2*1H3;/q;;;2*-1;+2/p-1/b9-7+,10-8+;;;;;. The second kappa shape index (κ2) is 24.6. The van der Waals surface area contributed by atoms with Gasteiger partial charge in [-0.1, -0.05) is 46.6 Å². The minimum absolute atomic E-state index is 0. The molecule has 0 amide bonds. The van der Waals surface area contributed by atoms with E-state index < -0.39 is 5.97 Å². The van der Waals surface area contributed by atoms with Gasteiger partial charge in [-0.25, -0.2) is 0 Å². The Morgan fingerprint density at radius 1 is 0.623 bits per heavy atom. The first-order valence-electron chi connectivity index (χ1n) is 15.2. The van der Waals surface area contributed by atoms with E-state index in [-0.39, 0.29) is 39.9 Å². The molecule has 0 radical (unpaired) electrons. The summed E-state index contributed by atoms with van der Waals surface area (Å²) >= 11 is 5.52. The summed E-state index contributed by atoms with van der Waals surface area (Å²) < 4.78 is 0. The van der Waals surface area contributed by atoms with Gasteiger partial charge >= 0.3 is 19.5 Å². The Morgan fingerprint density at radius 3 is 1.47 bits per heavy atom. The smallest absolute Gasteiger partial charge is 0.545 e. The molecule has 0 unspecified atom stereocenters. The summed E-state index contributed by atoms with van der Waals surface area (Å²) in [5.74, 6) is 10.9. The predicted molar refractivity (Wildman–Crippen MR) is 228 cm³/mol. The van der Waals surface area contributed by atoms with E-state index in [1.807, 2.05) is 62.4 Å². The third-order valence-electron chi connectivity index (χ3n) is 6.63. The van der Waals surface area contributed by atoms with Crippen LogP contribution in [0, 0.1) is 45.5 Å². The van der Waals surface area contributed by atoms with Crippen molar-refractivity contribution in [2.45, 2.75) is 20.8 Å². The number of aromatic nitrogens is 4.